The number of piperazine rings is 1. The van der Waals surface area contributed by atoms with Gasteiger partial charge in [0.1, 0.15) is 22.1 Å². The lowest BCUT2D eigenvalue weighted by molar-refractivity contribution is 0.358. The average molecular weight is 426 g/mol. The predicted octanol–water partition coefficient (Wildman–Crippen LogP) is 3.23. The van der Waals surface area contributed by atoms with Crippen LogP contribution in [0.15, 0.2) is 57.0 Å². The summed E-state index contributed by atoms with van der Waals surface area (Å²) in [5, 5.41) is 5.95. The van der Waals surface area contributed by atoms with Crippen molar-refractivity contribution in [2.24, 2.45) is 5.18 Å². The second kappa shape index (κ2) is 7.61. The monoisotopic (exact) mass is 425 g/mol. The number of hydrogen-bond donors (Lipinski definition) is 1. The Morgan fingerprint density at radius 2 is 1.88 bits per heavy atom. The van der Waals surface area contributed by atoms with Gasteiger partial charge in [-0.3, -0.25) is 0 Å². The van der Waals surface area contributed by atoms with Crippen molar-refractivity contribution in [3.63, 3.8) is 0 Å². The molecule has 0 spiro atoms. The van der Waals surface area contributed by atoms with E-state index in [0.717, 1.165) is 4.47 Å². The van der Waals surface area contributed by atoms with Gasteiger partial charge in [0.2, 0.25) is 10.0 Å². The van der Waals surface area contributed by atoms with Gasteiger partial charge in [0.15, 0.2) is 0 Å². The number of halogens is 1. The summed E-state index contributed by atoms with van der Waals surface area (Å²) in [6, 6.07) is 11.2. The Balaban J connectivity index is 2.02. The first kappa shape index (κ1) is 18.0. The lowest BCUT2D eigenvalue weighted by Gasteiger charge is -2.27. The standard InChI is InChI=1S/C16H16BrN3O4S/c17-12-2-1-3-14(10-12)24-15-5-4-13(19-21)11-16(15)25(22,23)20-8-6-18-7-9-20/h1-5,10-11,18H,6-9H2. The first-order chi connectivity index (χ1) is 12.0. The van der Waals surface area contributed by atoms with E-state index in [-0.39, 0.29) is 16.3 Å². The molecule has 0 unspecified atom stereocenters. The largest absolute Gasteiger partial charge is 0.456 e. The number of rotatable bonds is 5. The third-order valence-electron chi connectivity index (χ3n) is 3.75. The van der Waals surface area contributed by atoms with Crippen LogP contribution in [-0.2, 0) is 10.0 Å². The summed E-state index contributed by atoms with van der Waals surface area (Å²) in [6.45, 7) is 1.87. The third-order valence-corrected chi connectivity index (χ3v) is 6.16. The Bertz CT molecular complexity index is 883. The van der Waals surface area contributed by atoms with Gasteiger partial charge in [-0.1, -0.05) is 22.0 Å². The lowest BCUT2D eigenvalue weighted by atomic mass is 10.3. The molecule has 0 amide bonds. The molecule has 9 heteroatoms. The molecule has 1 heterocycles. The SMILES string of the molecule is O=Nc1ccc(Oc2cccc(Br)c2)c(S(=O)(=O)N2CCNCC2)c1. The minimum absolute atomic E-state index is 0.0373. The maximum atomic E-state index is 13.0. The Kier molecular flexibility index (Phi) is 5.48. The molecule has 2 aromatic rings. The van der Waals surface area contributed by atoms with Crippen LogP contribution in [0.2, 0.25) is 0 Å². The van der Waals surface area contributed by atoms with Crippen LogP contribution < -0.4 is 10.1 Å². The molecule has 3 rings (SSSR count). The third kappa shape index (κ3) is 4.06. The molecular formula is C16H16BrN3O4S. The van der Waals surface area contributed by atoms with Crippen molar-refractivity contribution in [1.29, 1.82) is 0 Å². The first-order valence-electron chi connectivity index (χ1n) is 7.62. The Morgan fingerprint density at radius 1 is 1.12 bits per heavy atom. The van der Waals surface area contributed by atoms with Crippen LogP contribution in [0.5, 0.6) is 11.5 Å². The Hall–Kier alpha value is -1.81. The fraction of sp³-hybridized carbons (Fsp3) is 0.250. The summed E-state index contributed by atoms with van der Waals surface area (Å²) >= 11 is 3.35. The normalized spacial score (nSPS) is 15.7. The van der Waals surface area contributed by atoms with Crippen LogP contribution in [-0.4, -0.2) is 38.9 Å². The van der Waals surface area contributed by atoms with E-state index in [1.54, 1.807) is 18.2 Å². The molecule has 1 aliphatic heterocycles. The summed E-state index contributed by atoms with van der Waals surface area (Å²) < 4.78 is 34.0. The fourth-order valence-electron chi connectivity index (χ4n) is 2.52. The number of nitrogens with one attached hydrogen (secondary N) is 1. The predicted molar refractivity (Wildman–Crippen MR) is 97.7 cm³/mol. The van der Waals surface area contributed by atoms with E-state index in [1.807, 2.05) is 6.07 Å². The maximum absolute atomic E-state index is 13.0. The molecule has 132 valence electrons. The van der Waals surface area contributed by atoms with E-state index in [0.29, 0.717) is 31.9 Å². The maximum Gasteiger partial charge on any atom is 0.246 e. The highest BCUT2D eigenvalue weighted by atomic mass is 79.9. The topological polar surface area (TPSA) is 88.1 Å². The van der Waals surface area contributed by atoms with Crippen molar-refractivity contribution in [2.45, 2.75) is 4.90 Å². The highest BCUT2D eigenvalue weighted by Gasteiger charge is 2.29. The summed E-state index contributed by atoms with van der Waals surface area (Å²) in [5.74, 6) is 0.641. The molecule has 25 heavy (non-hydrogen) atoms. The number of nitrogens with zero attached hydrogens (tertiary/aromatic N) is 2. The Morgan fingerprint density at radius 3 is 2.56 bits per heavy atom. The number of hydrogen-bond acceptors (Lipinski definition) is 6. The molecule has 1 fully saturated rings. The number of ether oxygens (including phenoxy) is 1. The molecule has 0 bridgehead atoms. The van der Waals surface area contributed by atoms with E-state index >= 15 is 0 Å². The van der Waals surface area contributed by atoms with Gasteiger partial charge in [-0.2, -0.15) is 4.31 Å². The summed E-state index contributed by atoms with van der Waals surface area (Å²) in [5.41, 5.74) is 0.0373. The van der Waals surface area contributed by atoms with Crippen molar-refractivity contribution in [2.75, 3.05) is 26.2 Å². The molecule has 1 N–H and O–H groups in total. The van der Waals surface area contributed by atoms with Crippen LogP contribution in [0.4, 0.5) is 5.69 Å². The van der Waals surface area contributed by atoms with Gasteiger partial charge in [-0.25, -0.2) is 8.42 Å². The first-order valence-corrected chi connectivity index (χ1v) is 9.86. The van der Waals surface area contributed by atoms with Crippen LogP contribution in [0, 0.1) is 4.91 Å². The molecule has 0 aliphatic carbocycles. The van der Waals surface area contributed by atoms with Gasteiger partial charge >= 0.3 is 0 Å². The van der Waals surface area contributed by atoms with Crippen molar-refractivity contribution >= 4 is 31.6 Å². The van der Waals surface area contributed by atoms with Crippen molar-refractivity contribution in [3.8, 4) is 11.5 Å². The van der Waals surface area contributed by atoms with Gasteiger partial charge in [-0.05, 0) is 41.6 Å². The minimum Gasteiger partial charge on any atom is -0.456 e. The lowest BCUT2D eigenvalue weighted by Crippen LogP contribution is -2.46. The van der Waals surface area contributed by atoms with Crippen LogP contribution >= 0.6 is 15.9 Å². The number of sulfonamides is 1. The summed E-state index contributed by atoms with van der Waals surface area (Å²) in [7, 11) is -3.80. The zero-order valence-corrected chi connectivity index (χ0v) is 15.6. The molecule has 0 radical (unpaired) electrons. The highest BCUT2D eigenvalue weighted by molar-refractivity contribution is 9.10. The molecule has 0 saturated carbocycles. The van der Waals surface area contributed by atoms with Gasteiger partial charge in [0.25, 0.3) is 0 Å². The summed E-state index contributed by atoms with van der Waals surface area (Å²) in [6.07, 6.45) is 0. The quantitative estimate of drug-likeness (QED) is 0.742. The summed E-state index contributed by atoms with van der Waals surface area (Å²) in [4.78, 5) is 10.8. The Labute approximate surface area is 154 Å². The fourth-order valence-corrected chi connectivity index (χ4v) is 4.47. The van der Waals surface area contributed by atoms with E-state index in [4.69, 9.17) is 4.74 Å². The zero-order valence-electron chi connectivity index (χ0n) is 13.2. The molecular weight excluding hydrogens is 410 g/mol. The second-order valence-corrected chi connectivity index (χ2v) is 8.26. The van der Waals surface area contributed by atoms with Crippen molar-refractivity contribution < 1.29 is 13.2 Å². The second-order valence-electron chi connectivity index (χ2n) is 5.44. The van der Waals surface area contributed by atoms with Gasteiger partial charge < -0.3 is 10.1 Å². The van der Waals surface area contributed by atoms with Gasteiger partial charge in [-0.15, -0.1) is 4.91 Å². The van der Waals surface area contributed by atoms with Crippen LogP contribution in [0.3, 0.4) is 0 Å². The number of benzene rings is 2. The van der Waals surface area contributed by atoms with Crippen molar-refractivity contribution in [1.82, 2.24) is 9.62 Å². The van der Waals surface area contributed by atoms with E-state index in [1.165, 1.54) is 22.5 Å². The zero-order chi connectivity index (χ0) is 17.9. The molecule has 1 aliphatic rings. The average Bonchev–Trinajstić information content (AvgIpc) is 2.63. The van der Waals surface area contributed by atoms with E-state index < -0.39 is 10.0 Å². The highest BCUT2D eigenvalue weighted by Crippen LogP contribution is 2.34. The number of nitroso groups, excluding NO2 is 1. The minimum atomic E-state index is -3.80. The molecule has 7 nitrogen and oxygen atoms in total. The molecule has 1 saturated heterocycles. The van der Waals surface area contributed by atoms with E-state index in [2.05, 4.69) is 26.4 Å². The van der Waals surface area contributed by atoms with Crippen molar-refractivity contribution in [3.05, 3.63) is 51.8 Å². The van der Waals surface area contributed by atoms with Crippen LogP contribution in [0.1, 0.15) is 0 Å². The van der Waals surface area contributed by atoms with E-state index in [9.17, 15) is 13.3 Å². The molecule has 0 atom stereocenters. The smallest absolute Gasteiger partial charge is 0.246 e. The molecule has 0 aromatic heterocycles. The van der Waals surface area contributed by atoms with Gasteiger partial charge in [0.05, 0.1) is 0 Å². The molecule has 2 aromatic carbocycles. The van der Waals surface area contributed by atoms with Gasteiger partial charge in [0, 0.05) is 30.7 Å². The van der Waals surface area contributed by atoms with Crippen LogP contribution in [0.25, 0.3) is 0 Å².